The molecule has 2 fully saturated rings. The van der Waals surface area contributed by atoms with Gasteiger partial charge in [0.15, 0.2) is 11.5 Å². The molecule has 3 aliphatic rings. The summed E-state index contributed by atoms with van der Waals surface area (Å²) in [6, 6.07) is 7.06. The number of piperazine rings is 1. The minimum absolute atomic E-state index is 0.356. The average Bonchev–Trinajstić information content (AvgIpc) is 2.94. The SMILES string of the molecule is c1cc2c(cc1N1CCN3CCCCC3C1)OCO2. The highest BCUT2D eigenvalue weighted by atomic mass is 16.7. The number of benzene rings is 1. The lowest BCUT2D eigenvalue weighted by atomic mass is 9.99. The highest BCUT2D eigenvalue weighted by Crippen LogP contribution is 2.36. The van der Waals surface area contributed by atoms with Crippen LogP contribution in [0.25, 0.3) is 0 Å². The van der Waals surface area contributed by atoms with Crippen LogP contribution >= 0.6 is 0 Å². The first-order valence-corrected chi connectivity index (χ1v) is 7.29. The molecular weight excluding hydrogens is 240 g/mol. The molecule has 19 heavy (non-hydrogen) atoms. The first-order chi connectivity index (χ1) is 9.40. The molecule has 3 heterocycles. The van der Waals surface area contributed by atoms with Gasteiger partial charge in [-0.25, -0.2) is 0 Å². The summed E-state index contributed by atoms with van der Waals surface area (Å²) in [5.41, 5.74) is 1.27. The monoisotopic (exact) mass is 260 g/mol. The van der Waals surface area contributed by atoms with Crippen LogP contribution in [0.4, 0.5) is 5.69 Å². The van der Waals surface area contributed by atoms with Gasteiger partial charge in [0, 0.05) is 37.4 Å². The second-order valence-electron chi connectivity index (χ2n) is 5.67. The zero-order chi connectivity index (χ0) is 12.7. The van der Waals surface area contributed by atoms with E-state index in [2.05, 4.69) is 21.9 Å². The fraction of sp³-hybridized carbons (Fsp3) is 0.600. The Labute approximate surface area is 113 Å². The van der Waals surface area contributed by atoms with Crippen LogP contribution in [0, 0.1) is 0 Å². The molecule has 1 atom stereocenters. The molecular formula is C15H20N2O2. The Morgan fingerprint density at radius 1 is 1.00 bits per heavy atom. The quantitative estimate of drug-likeness (QED) is 0.772. The lowest BCUT2D eigenvalue weighted by Crippen LogP contribution is -2.54. The van der Waals surface area contributed by atoms with E-state index in [0.717, 1.165) is 30.6 Å². The predicted molar refractivity (Wildman–Crippen MR) is 74.0 cm³/mol. The maximum absolute atomic E-state index is 5.48. The molecule has 0 radical (unpaired) electrons. The number of ether oxygens (including phenoxy) is 2. The lowest BCUT2D eigenvalue weighted by molar-refractivity contribution is 0.133. The highest BCUT2D eigenvalue weighted by molar-refractivity contribution is 5.57. The van der Waals surface area contributed by atoms with Crippen LogP contribution in [0.1, 0.15) is 19.3 Å². The molecule has 3 aliphatic heterocycles. The number of hydrogen-bond acceptors (Lipinski definition) is 4. The Bertz CT molecular complexity index is 477. The third-order valence-electron chi connectivity index (χ3n) is 4.56. The first kappa shape index (κ1) is 11.4. The van der Waals surface area contributed by atoms with E-state index in [9.17, 15) is 0 Å². The zero-order valence-electron chi connectivity index (χ0n) is 11.2. The molecule has 2 saturated heterocycles. The number of piperidine rings is 1. The predicted octanol–water partition coefficient (Wildman–Crippen LogP) is 2.09. The van der Waals surface area contributed by atoms with Gasteiger partial charge in [-0.2, -0.15) is 0 Å². The van der Waals surface area contributed by atoms with E-state index in [1.54, 1.807) is 0 Å². The van der Waals surface area contributed by atoms with Gasteiger partial charge in [0.2, 0.25) is 6.79 Å². The van der Waals surface area contributed by atoms with E-state index in [1.165, 1.54) is 38.0 Å². The number of fused-ring (bicyclic) bond motifs is 2. The summed E-state index contributed by atoms with van der Waals surface area (Å²) in [6.07, 6.45) is 4.11. The van der Waals surface area contributed by atoms with Crippen LogP contribution in [0.15, 0.2) is 18.2 Å². The number of nitrogens with zero attached hydrogens (tertiary/aromatic N) is 2. The summed E-state index contributed by atoms with van der Waals surface area (Å²) < 4.78 is 10.9. The van der Waals surface area contributed by atoms with Crippen LogP contribution in [-0.4, -0.2) is 43.9 Å². The normalized spacial score (nSPS) is 26.3. The molecule has 1 aromatic carbocycles. The van der Waals surface area contributed by atoms with Crippen molar-refractivity contribution < 1.29 is 9.47 Å². The van der Waals surface area contributed by atoms with Crippen LogP contribution in [0.3, 0.4) is 0 Å². The molecule has 4 nitrogen and oxygen atoms in total. The number of hydrogen-bond donors (Lipinski definition) is 0. The van der Waals surface area contributed by atoms with Crippen LogP contribution in [-0.2, 0) is 0 Å². The second-order valence-corrected chi connectivity index (χ2v) is 5.67. The summed E-state index contributed by atoms with van der Waals surface area (Å²) in [4.78, 5) is 5.15. The van der Waals surface area contributed by atoms with Crippen molar-refractivity contribution in [1.29, 1.82) is 0 Å². The maximum atomic E-state index is 5.48. The van der Waals surface area contributed by atoms with Crippen molar-refractivity contribution in [3.8, 4) is 11.5 Å². The second kappa shape index (κ2) is 4.60. The van der Waals surface area contributed by atoms with Gasteiger partial charge in [0.1, 0.15) is 0 Å². The minimum atomic E-state index is 0.356. The summed E-state index contributed by atoms with van der Waals surface area (Å²) >= 11 is 0. The van der Waals surface area contributed by atoms with E-state index in [-0.39, 0.29) is 0 Å². The Hall–Kier alpha value is -1.42. The van der Waals surface area contributed by atoms with Crippen molar-refractivity contribution >= 4 is 5.69 Å². The van der Waals surface area contributed by atoms with Gasteiger partial charge in [0.05, 0.1) is 0 Å². The standard InChI is InChI=1S/C15H20N2O2/c1-2-6-16-7-8-17(10-13(16)3-1)12-4-5-14-15(9-12)19-11-18-14/h4-5,9,13H,1-3,6-8,10-11H2. The topological polar surface area (TPSA) is 24.9 Å². The Morgan fingerprint density at radius 2 is 1.95 bits per heavy atom. The molecule has 0 saturated carbocycles. The summed E-state index contributed by atoms with van der Waals surface area (Å²) in [5, 5.41) is 0. The smallest absolute Gasteiger partial charge is 0.231 e. The van der Waals surface area contributed by atoms with Crippen molar-refractivity contribution in [1.82, 2.24) is 4.90 Å². The van der Waals surface area contributed by atoms with E-state index in [0.29, 0.717) is 6.79 Å². The van der Waals surface area contributed by atoms with E-state index < -0.39 is 0 Å². The fourth-order valence-electron chi connectivity index (χ4n) is 3.47. The molecule has 0 N–H and O–H groups in total. The van der Waals surface area contributed by atoms with Crippen molar-refractivity contribution in [2.24, 2.45) is 0 Å². The van der Waals surface area contributed by atoms with Gasteiger partial charge in [-0.05, 0) is 31.5 Å². The van der Waals surface area contributed by atoms with Crippen molar-refractivity contribution in [2.75, 3.05) is 37.9 Å². The molecule has 0 aromatic heterocycles. The van der Waals surface area contributed by atoms with Gasteiger partial charge in [0.25, 0.3) is 0 Å². The molecule has 4 heteroatoms. The Balaban J connectivity index is 1.53. The molecule has 1 unspecified atom stereocenters. The van der Waals surface area contributed by atoms with Crippen molar-refractivity contribution in [2.45, 2.75) is 25.3 Å². The van der Waals surface area contributed by atoms with Crippen LogP contribution in [0.5, 0.6) is 11.5 Å². The number of anilines is 1. The molecule has 0 spiro atoms. The van der Waals surface area contributed by atoms with Crippen molar-refractivity contribution in [3.63, 3.8) is 0 Å². The van der Waals surface area contributed by atoms with Crippen LogP contribution < -0.4 is 14.4 Å². The van der Waals surface area contributed by atoms with Gasteiger partial charge < -0.3 is 14.4 Å². The van der Waals surface area contributed by atoms with E-state index in [1.807, 2.05) is 6.07 Å². The first-order valence-electron chi connectivity index (χ1n) is 7.29. The lowest BCUT2D eigenvalue weighted by Gasteiger charge is -2.44. The average molecular weight is 260 g/mol. The van der Waals surface area contributed by atoms with Gasteiger partial charge in [-0.15, -0.1) is 0 Å². The molecule has 0 amide bonds. The Kier molecular flexibility index (Phi) is 2.76. The third kappa shape index (κ3) is 2.04. The summed E-state index contributed by atoms with van der Waals surface area (Å²) in [6.45, 7) is 5.11. The highest BCUT2D eigenvalue weighted by Gasteiger charge is 2.29. The summed E-state index contributed by atoms with van der Waals surface area (Å²) in [7, 11) is 0. The zero-order valence-corrected chi connectivity index (χ0v) is 11.2. The fourth-order valence-corrected chi connectivity index (χ4v) is 3.47. The maximum Gasteiger partial charge on any atom is 0.231 e. The number of rotatable bonds is 1. The molecule has 0 aliphatic carbocycles. The summed E-state index contributed by atoms with van der Waals surface area (Å²) in [5.74, 6) is 1.77. The molecule has 102 valence electrons. The van der Waals surface area contributed by atoms with Gasteiger partial charge in [-0.1, -0.05) is 6.42 Å². The van der Waals surface area contributed by atoms with Crippen LogP contribution in [0.2, 0.25) is 0 Å². The van der Waals surface area contributed by atoms with Gasteiger partial charge >= 0.3 is 0 Å². The molecule has 4 rings (SSSR count). The molecule has 1 aromatic rings. The minimum Gasteiger partial charge on any atom is -0.454 e. The van der Waals surface area contributed by atoms with Gasteiger partial charge in [-0.3, -0.25) is 4.90 Å². The van der Waals surface area contributed by atoms with E-state index >= 15 is 0 Å². The largest absolute Gasteiger partial charge is 0.454 e. The van der Waals surface area contributed by atoms with E-state index in [4.69, 9.17) is 9.47 Å². The Morgan fingerprint density at radius 3 is 2.95 bits per heavy atom. The molecule has 0 bridgehead atoms. The van der Waals surface area contributed by atoms with Crippen molar-refractivity contribution in [3.05, 3.63) is 18.2 Å². The third-order valence-corrected chi connectivity index (χ3v) is 4.56.